The topological polar surface area (TPSA) is 114 Å². The van der Waals surface area contributed by atoms with Crippen LogP contribution in [0.25, 0.3) is 0 Å². The molecule has 0 spiro atoms. The summed E-state index contributed by atoms with van der Waals surface area (Å²) in [4.78, 5) is 26.1. The van der Waals surface area contributed by atoms with Crippen molar-refractivity contribution in [2.24, 2.45) is 0 Å². The SMILES string of the molecule is Cc1c(Cc2ccc(S(=O)(=O)N(C)C)cc2)c(C(=O)N(C)C)nn1C/C(F)=C/CNC(=O)OC(C)(C)C. The highest BCUT2D eigenvalue weighted by molar-refractivity contribution is 7.89. The first kappa shape index (κ1) is 30.0. The Kier molecular flexibility index (Phi) is 9.61. The van der Waals surface area contributed by atoms with Gasteiger partial charge in [-0.1, -0.05) is 12.1 Å². The monoisotopic (exact) mass is 537 g/mol. The van der Waals surface area contributed by atoms with Crippen LogP contribution in [-0.2, 0) is 27.7 Å². The quantitative estimate of drug-likeness (QED) is 0.526. The molecule has 0 aliphatic rings. The van der Waals surface area contributed by atoms with Crippen LogP contribution in [0, 0.1) is 6.92 Å². The normalized spacial score (nSPS) is 12.5. The maximum Gasteiger partial charge on any atom is 0.407 e. The molecule has 0 bridgehead atoms. The maximum absolute atomic E-state index is 14.7. The smallest absolute Gasteiger partial charge is 0.407 e. The molecular weight excluding hydrogens is 501 g/mol. The first-order valence-corrected chi connectivity index (χ1v) is 13.1. The van der Waals surface area contributed by atoms with Gasteiger partial charge in [-0.25, -0.2) is 21.9 Å². The van der Waals surface area contributed by atoms with Gasteiger partial charge in [-0.05, 0) is 51.5 Å². The van der Waals surface area contributed by atoms with Crippen LogP contribution < -0.4 is 5.32 Å². The van der Waals surface area contributed by atoms with E-state index in [-0.39, 0.29) is 29.6 Å². The average Bonchev–Trinajstić information content (AvgIpc) is 3.07. The molecule has 1 aromatic carbocycles. The Hall–Kier alpha value is -3.25. The molecule has 0 aliphatic carbocycles. The number of alkyl carbamates (subject to hydrolysis) is 1. The third kappa shape index (κ3) is 8.12. The summed E-state index contributed by atoms with van der Waals surface area (Å²) in [6.45, 7) is 6.64. The molecule has 0 saturated carbocycles. The van der Waals surface area contributed by atoms with Gasteiger partial charge < -0.3 is 15.0 Å². The lowest BCUT2D eigenvalue weighted by atomic mass is 10.0. The van der Waals surface area contributed by atoms with E-state index in [1.807, 2.05) is 0 Å². The Bertz CT molecular complexity index is 1260. The van der Waals surface area contributed by atoms with Crippen molar-refractivity contribution in [3.8, 4) is 0 Å². The lowest BCUT2D eigenvalue weighted by Crippen LogP contribution is -2.32. The van der Waals surface area contributed by atoms with Gasteiger partial charge in [0.25, 0.3) is 5.91 Å². The zero-order valence-electron chi connectivity index (χ0n) is 22.6. The molecule has 0 fully saturated rings. The van der Waals surface area contributed by atoms with Crippen LogP contribution in [0.4, 0.5) is 9.18 Å². The van der Waals surface area contributed by atoms with E-state index in [4.69, 9.17) is 4.74 Å². The molecule has 0 atom stereocenters. The summed E-state index contributed by atoms with van der Waals surface area (Å²) in [5.41, 5.74) is 1.50. The van der Waals surface area contributed by atoms with Crippen molar-refractivity contribution in [1.82, 2.24) is 24.3 Å². The van der Waals surface area contributed by atoms with E-state index in [0.29, 0.717) is 17.7 Å². The standard InChI is InChI=1S/C25H36FN5O5S/c1-17-21(15-18-9-11-20(12-10-18)37(34,35)30(7)8)22(23(32)29(5)6)28-31(17)16-19(26)13-14-27-24(33)36-25(2,3)4/h9-13H,14-16H2,1-8H3,(H,27,33)/b19-13-. The predicted octanol–water partition coefficient (Wildman–Crippen LogP) is 3.11. The van der Waals surface area contributed by atoms with E-state index < -0.39 is 27.5 Å². The number of halogens is 1. The number of benzene rings is 1. The second kappa shape index (κ2) is 11.9. The lowest BCUT2D eigenvalue weighted by molar-refractivity contribution is 0.0533. The average molecular weight is 538 g/mol. The number of sulfonamides is 1. The van der Waals surface area contributed by atoms with Crippen LogP contribution in [0.15, 0.2) is 41.1 Å². The highest BCUT2D eigenvalue weighted by Crippen LogP contribution is 2.22. The van der Waals surface area contributed by atoms with E-state index in [2.05, 4.69) is 10.4 Å². The Morgan fingerprint density at radius 3 is 2.24 bits per heavy atom. The second-order valence-corrected chi connectivity index (χ2v) is 12.1. The first-order valence-electron chi connectivity index (χ1n) is 11.6. The first-order chi connectivity index (χ1) is 17.0. The second-order valence-electron chi connectivity index (χ2n) is 9.91. The van der Waals surface area contributed by atoms with Crippen LogP contribution in [-0.4, -0.2) is 79.7 Å². The lowest BCUT2D eigenvalue weighted by Gasteiger charge is -2.19. The number of hydrogen-bond donors (Lipinski definition) is 1. The molecule has 1 heterocycles. The fourth-order valence-electron chi connectivity index (χ4n) is 3.29. The summed E-state index contributed by atoms with van der Waals surface area (Å²) < 4.78 is 47.0. The van der Waals surface area contributed by atoms with Crippen LogP contribution in [0.3, 0.4) is 0 Å². The van der Waals surface area contributed by atoms with Crippen molar-refractivity contribution in [1.29, 1.82) is 0 Å². The zero-order valence-corrected chi connectivity index (χ0v) is 23.4. The van der Waals surface area contributed by atoms with E-state index in [9.17, 15) is 22.4 Å². The van der Waals surface area contributed by atoms with Crippen LogP contribution in [0.1, 0.15) is 48.1 Å². The third-order valence-corrected chi connectivity index (χ3v) is 7.12. The Balaban J connectivity index is 2.27. The van der Waals surface area contributed by atoms with Crippen molar-refractivity contribution in [2.45, 2.75) is 51.2 Å². The molecule has 12 heteroatoms. The molecule has 10 nitrogen and oxygen atoms in total. The number of aromatic nitrogens is 2. The van der Waals surface area contributed by atoms with Gasteiger partial charge in [-0.3, -0.25) is 9.48 Å². The molecule has 204 valence electrons. The van der Waals surface area contributed by atoms with Gasteiger partial charge in [-0.15, -0.1) is 0 Å². The van der Waals surface area contributed by atoms with Crippen molar-refractivity contribution < 1.29 is 27.1 Å². The highest BCUT2D eigenvalue weighted by Gasteiger charge is 2.23. The summed E-state index contributed by atoms with van der Waals surface area (Å²) in [5, 5.41) is 6.83. The molecule has 0 saturated heterocycles. The Morgan fingerprint density at radius 2 is 1.73 bits per heavy atom. The summed E-state index contributed by atoms with van der Waals surface area (Å²) in [5.74, 6) is -0.880. The van der Waals surface area contributed by atoms with Gasteiger partial charge in [0.1, 0.15) is 11.4 Å². The molecule has 1 N–H and O–H groups in total. The van der Waals surface area contributed by atoms with Crippen LogP contribution in [0.2, 0.25) is 0 Å². The fourth-order valence-corrected chi connectivity index (χ4v) is 4.20. The van der Waals surface area contributed by atoms with Gasteiger partial charge in [0.05, 0.1) is 11.4 Å². The predicted molar refractivity (Wildman–Crippen MR) is 139 cm³/mol. The molecule has 0 radical (unpaired) electrons. The number of carbonyl (C=O) groups excluding carboxylic acids is 2. The number of hydrogen-bond acceptors (Lipinski definition) is 6. The summed E-state index contributed by atoms with van der Waals surface area (Å²) in [6, 6.07) is 6.38. The van der Waals surface area contributed by atoms with E-state index in [0.717, 1.165) is 9.87 Å². The molecule has 2 aromatic rings. The van der Waals surface area contributed by atoms with Crippen molar-refractivity contribution in [3.63, 3.8) is 0 Å². The summed E-state index contributed by atoms with van der Waals surface area (Å²) in [7, 11) is 2.56. The minimum absolute atomic E-state index is 0.0698. The van der Waals surface area contributed by atoms with Crippen LogP contribution in [0.5, 0.6) is 0 Å². The highest BCUT2D eigenvalue weighted by atomic mass is 32.2. The Labute approximate surface area is 218 Å². The number of amides is 2. The molecule has 0 unspecified atom stereocenters. The van der Waals surface area contributed by atoms with Crippen molar-refractivity contribution in [2.75, 3.05) is 34.7 Å². The van der Waals surface area contributed by atoms with Crippen molar-refractivity contribution in [3.05, 3.63) is 58.7 Å². The minimum Gasteiger partial charge on any atom is -0.444 e. The number of allylic oxidation sites excluding steroid dienone is 1. The van der Waals surface area contributed by atoms with Crippen molar-refractivity contribution >= 4 is 22.0 Å². The Morgan fingerprint density at radius 1 is 1.14 bits per heavy atom. The molecule has 37 heavy (non-hydrogen) atoms. The van der Waals surface area contributed by atoms with Crippen LogP contribution >= 0.6 is 0 Å². The zero-order chi connectivity index (χ0) is 28.1. The number of nitrogens with zero attached hydrogens (tertiary/aromatic N) is 4. The van der Waals surface area contributed by atoms with Gasteiger partial charge in [0.15, 0.2) is 5.69 Å². The molecule has 0 aliphatic heterocycles. The number of ether oxygens (including phenoxy) is 1. The van der Waals surface area contributed by atoms with E-state index >= 15 is 0 Å². The summed E-state index contributed by atoms with van der Waals surface area (Å²) in [6.07, 6.45) is 0.855. The van der Waals surface area contributed by atoms with Gasteiger partial charge >= 0.3 is 6.09 Å². The molecule has 2 amide bonds. The molecule has 1 aromatic heterocycles. The largest absolute Gasteiger partial charge is 0.444 e. The van der Waals surface area contributed by atoms with Gasteiger partial charge in [0.2, 0.25) is 10.0 Å². The number of carbonyl (C=O) groups is 2. The third-order valence-electron chi connectivity index (χ3n) is 5.29. The number of rotatable bonds is 9. The molecule has 2 rings (SSSR count). The fraction of sp³-hybridized carbons (Fsp3) is 0.480. The maximum atomic E-state index is 14.7. The van der Waals surface area contributed by atoms with E-state index in [1.165, 1.54) is 41.9 Å². The molecular formula is C25H36FN5O5S. The van der Waals surface area contributed by atoms with Gasteiger partial charge in [-0.2, -0.15) is 5.10 Å². The minimum atomic E-state index is -3.57. The van der Waals surface area contributed by atoms with E-state index in [1.54, 1.807) is 53.9 Å². The summed E-state index contributed by atoms with van der Waals surface area (Å²) >= 11 is 0. The number of nitrogens with one attached hydrogen (secondary N) is 1. The van der Waals surface area contributed by atoms with Gasteiger partial charge in [0, 0.05) is 52.4 Å².